The zero-order valence-corrected chi connectivity index (χ0v) is 11.1. The third kappa shape index (κ3) is 3.00. The SMILES string of the molecule is COC(=O)Cc1ncc(I)c(C(F)F)c1Cl. The average molecular weight is 362 g/mol. The lowest BCUT2D eigenvalue weighted by Crippen LogP contribution is -2.08. The summed E-state index contributed by atoms with van der Waals surface area (Å²) in [5, 5.41) is -0.174. The number of carbonyl (C=O) groups is 1. The first-order valence-electron chi connectivity index (χ1n) is 4.15. The van der Waals surface area contributed by atoms with Crippen LogP contribution in [0.15, 0.2) is 6.20 Å². The molecule has 3 nitrogen and oxygen atoms in total. The van der Waals surface area contributed by atoms with E-state index in [1.165, 1.54) is 13.3 Å². The quantitative estimate of drug-likeness (QED) is 0.614. The van der Waals surface area contributed by atoms with Crippen molar-refractivity contribution in [3.8, 4) is 0 Å². The molecule has 0 aromatic carbocycles. The van der Waals surface area contributed by atoms with Gasteiger partial charge in [-0.2, -0.15) is 0 Å². The molecule has 0 radical (unpaired) electrons. The monoisotopic (exact) mass is 361 g/mol. The molecular weight excluding hydrogens is 354 g/mol. The van der Waals surface area contributed by atoms with Gasteiger partial charge in [0.15, 0.2) is 0 Å². The Hall–Kier alpha value is -0.500. The molecule has 88 valence electrons. The van der Waals surface area contributed by atoms with Crippen molar-refractivity contribution in [1.82, 2.24) is 4.98 Å². The van der Waals surface area contributed by atoms with Crippen molar-refractivity contribution < 1.29 is 18.3 Å². The molecule has 0 atom stereocenters. The number of aromatic nitrogens is 1. The third-order valence-electron chi connectivity index (χ3n) is 1.84. The topological polar surface area (TPSA) is 39.2 Å². The fourth-order valence-electron chi connectivity index (χ4n) is 1.05. The van der Waals surface area contributed by atoms with Crippen LogP contribution < -0.4 is 0 Å². The van der Waals surface area contributed by atoms with Gasteiger partial charge in [0, 0.05) is 9.77 Å². The summed E-state index contributed by atoms with van der Waals surface area (Å²) in [4.78, 5) is 14.8. The van der Waals surface area contributed by atoms with Gasteiger partial charge in [-0.25, -0.2) is 8.78 Å². The maximum Gasteiger partial charge on any atom is 0.311 e. The number of esters is 1. The van der Waals surface area contributed by atoms with Gasteiger partial charge in [0.2, 0.25) is 0 Å². The molecule has 0 aliphatic heterocycles. The highest BCUT2D eigenvalue weighted by atomic mass is 127. The van der Waals surface area contributed by atoms with Gasteiger partial charge in [-0.3, -0.25) is 9.78 Å². The van der Waals surface area contributed by atoms with Crippen molar-refractivity contribution in [2.24, 2.45) is 0 Å². The molecule has 1 aromatic rings. The Bertz CT molecular complexity index is 415. The molecule has 0 aliphatic rings. The molecule has 0 spiro atoms. The van der Waals surface area contributed by atoms with E-state index in [0.29, 0.717) is 0 Å². The fourth-order valence-corrected chi connectivity index (χ4v) is 2.16. The van der Waals surface area contributed by atoms with Crippen LogP contribution in [0.2, 0.25) is 5.02 Å². The van der Waals surface area contributed by atoms with Gasteiger partial charge in [-0.15, -0.1) is 0 Å². The second-order valence-electron chi connectivity index (χ2n) is 2.83. The van der Waals surface area contributed by atoms with Gasteiger partial charge in [0.05, 0.1) is 29.8 Å². The number of rotatable bonds is 3. The van der Waals surface area contributed by atoms with E-state index in [9.17, 15) is 13.6 Å². The van der Waals surface area contributed by atoms with Gasteiger partial charge in [-0.05, 0) is 22.6 Å². The zero-order chi connectivity index (χ0) is 12.3. The minimum absolute atomic E-state index is 0.101. The van der Waals surface area contributed by atoms with Crippen molar-refractivity contribution >= 4 is 40.2 Å². The van der Waals surface area contributed by atoms with E-state index in [-0.39, 0.29) is 26.3 Å². The van der Waals surface area contributed by atoms with Gasteiger partial charge in [0.25, 0.3) is 6.43 Å². The molecule has 0 fully saturated rings. The molecule has 7 heteroatoms. The number of halogens is 4. The molecule has 1 heterocycles. The molecular formula is C9H7ClF2INO2. The first kappa shape index (κ1) is 13.6. The Morgan fingerprint density at radius 3 is 2.81 bits per heavy atom. The Morgan fingerprint density at radius 2 is 2.31 bits per heavy atom. The molecule has 0 amide bonds. The van der Waals surface area contributed by atoms with Crippen LogP contribution >= 0.6 is 34.2 Å². The minimum Gasteiger partial charge on any atom is -0.469 e. The van der Waals surface area contributed by atoms with Crippen LogP contribution in [0, 0.1) is 3.57 Å². The van der Waals surface area contributed by atoms with Gasteiger partial charge in [-0.1, -0.05) is 11.6 Å². The molecule has 0 aliphatic carbocycles. The summed E-state index contributed by atoms with van der Waals surface area (Å²) in [5.41, 5.74) is -0.194. The van der Waals surface area contributed by atoms with Gasteiger partial charge in [0.1, 0.15) is 0 Å². The number of methoxy groups -OCH3 is 1. The molecule has 0 bridgehead atoms. The lowest BCUT2D eigenvalue weighted by Gasteiger charge is -2.09. The number of ether oxygens (including phenoxy) is 1. The lowest BCUT2D eigenvalue weighted by molar-refractivity contribution is -0.139. The highest BCUT2D eigenvalue weighted by Gasteiger charge is 2.21. The second kappa shape index (κ2) is 5.72. The third-order valence-corrected chi connectivity index (χ3v) is 3.12. The second-order valence-corrected chi connectivity index (χ2v) is 4.37. The van der Waals surface area contributed by atoms with Crippen LogP contribution in [-0.4, -0.2) is 18.1 Å². The lowest BCUT2D eigenvalue weighted by atomic mass is 10.2. The van der Waals surface area contributed by atoms with Crippen molar-refractivity contribution in [2.45, 2.75) is 12.8 Å². The van der Waals surface area contributed by atoms with Gasteiger partial charge >= 0.3 is 5.97 Å². The van der Waals surface area contributed by atoms with Crippen LogP contribution in [0.25, 0.3) is 0 Å². The van der Waals surface area contributed by atoms with E-state index in [2.05, 4.69) is 9.72 Å². The highest BCUT2D eigenvalue weighted by molar-refractivity contribution is 14.1. The van der Waals surface area contributed by atoms with E-state index in [0.717, 1.165) is 0 Å². The van der Waals surface area contributed by atoms with E-state index in [4.69, 9.17) is 11.6 Å². The molecule has 1 aromatic heterocycles. The summed E-state index contributed by atoms with van der Waals surface area (Å²) < 4.78 is 30.0. The minimum atomic E-state index is -2.70. The Kier molecular flexibility index (Phi) is 4.85. The number of hydrogen-bond acceptors (Lipinski definition) is 3. The Labute approximate surface area is 109 Å². The molecule has 0 N–H and O–H groups in total. The number of hydrogen-bond donors (Lipinski definition) is 0. The predicted octanol–water partition coefficient (Wildman–Crippen LogP) is 2.99. The van der Waals surface area contributed by atoms with Crippen molar-refractivity contribution in [1.29, 1.82) is 0 Å². The van der Waals surface area contributed by atoms with E-state index in [1.54, 1.807) is 22.6 Å². The maximum atomic E-state index is 12.7. The van der Waals surface area contributed by atoms with Gasteiger partial charge < -0.3 is 4.74 Å². The molecule has 0 saturated heterocycles. The fraction of sp³-hybridized carbons (Fsp3) is 0.333. The molecule has 0 saturated carbocycles. The number of carbonyl (C=O) groups excluding carboxylic acids is 1. The highest BCUT2D eigenvalue weighted by Crippen LogP contribution is 2.32. The number of pyridine rings is 1. The van der Waals surface area contributed by atoms with Crippen LogP contribution in [0.3, 0.4) is 0 Å². The largest absolute Gasteiger partial charge is 0.469 e. The van der Waals surface area contributed by atoms with Crippen LogP contribution in [0.5, 0.6) is 0 Å². The zero-order valence-electron chi connectivity index (χ0n) is 8.14. The van der Waals surface area contributed by atoms with Crippen molar-refractivity contribution in [2.75, 3.05) is 7.11 Å². The summed E-state index contributed by atoms with van der Waals surface area (Å²) in [5.74, 6) is -0.573. The molecule has 0 unspecified atom stereocenters. The van der Waals surface area contributed by atoms with E-state index in [1.807, 2.05) is 0 Å². The average Bonchev–Trinajstić information content (AvgIpc) is 2.21. The van der Waals surface area contributed by atoms with Crippen molar-refractivity contribution in [3.05, 3.63) is 26.0 Å². The van der Waals surface area contributed by atoms with E-state index < -0.39 is 12.4 Å². The molecule has 16 heavy (non-hydrogen) atoms. The first-order valence-corrected chi connectivity index (χ1v) is 5.60. The smallest absolute Gasteiger partial charge is 0.311 e. The Balaban J connectivity index is 3.13. The standard InChI is InChI=1S/C9H7ClF2INO2/c1-16-6(15)2-5-8(10)7(9(11)12)4(13)3-14-5/h3,9H,2H2,1H3. The summed E-state index contributed by atoms with van der Waals surface area (Å²) in [6, 6.07) is 0. The molecule has 1 rings (SSSR count). The van der Waals surface area contributed by atoms with Crippen LogP contribution in [-0.2, 0) is 16.0 Å². The van der Waals surface area contributed by atoms with Crippen LogP contribution in [0.1, 0.15) is 17.7 Å². The number of nitrogens with zero attached hydrogens (tertiary/aromatic N) is 1. The van der Waals surface area contributed by atoms with E-state index >= 15 is 0 Å². The summed E-state index contributed by atoms with van der Waals surface area (Å²) in [6.07, 6.45) is -1.66. The predicted molar refractivity (Wildman–Crippen MR) is 62.6 cm³/mol. The normalized spacial score (nSPS) is 10.6. The Morgan fingerprint density at radius 1 is 1.69 bits per heavy atom. The van der Waals surface area contributed by atoms with Crippen LogP contribution in [0.4, 0.5) is 8.78 Å². The van der Waals surface area contributed by atoms with Crippen molar-refractivity contribution in [3.63, 3.8) is 0 Å². The number of alkyl halides is 2. The maximum absolute atomic E-state index is 12.7. The summed E-state index contributed by atoms with van der Waals surface area (Å²) in [6.45, 7) is 0. The summed E-state index contributed by atoms with van der Waals surface area (Å²) >= 11 is 7.47. The summed E-state index contributed by atoms with van der Waals surface area (Å²) in [7, 11) is 1.21. The first-order chi connectivity index (χ1) is 7.47.